The van der Waals surface area contributed by atoms with Crippen LogP contribution in [0.2, 0.25) is 0 Å². The van der Waals surface area contributed by atoms with E-state index < -0.39 is 0 Å². The number of fused-ring (bicyclic) bond motifs is 1. The molecule has 1 atom stereocenters. The van der Waals surface area contributed by atoms with Gasteiger partial charge in [-0.3, -0.25) is 9.59 Å². The van der Waals surface area contributed by atoms with Crippen molar-refractivity contribution in [1.82, 2.24) is 15.6 Å². The molecule has 2 aliphatic carbocycles. The average Bonchev–Trinajstić information content (AvgIpc) is 3.57. The van der Waals surface area contributed by atoms with E-state index >= 15 is 0 Å². The lowest BCUT2D eigenvalue weighted by atomic mass is 9.97. The van der Waals surface area contributed by atoms with Crippen LogP contribution in [-0.2, 0) is 4.79 Å². The number of hydrogen-bond acceptors (Lipinski definition) is 4. The van der Waals surface area contributed by atoms with Crippen LogP contribution < -0.4 is 10.6 Å². The molecule has 30 heavy (non-hydrogen) atoms. The molecular formula is C24H29N3O2S. The molecule has 1 heterocycles. The number of carbonyl (C=O) groups excluding carboxylic acids is 2. The first kappa shape index (κ1) is 20.9. The predicted octanol–water partition coefficient (Wildman–Crippen LogP) is 4.61. The Morgan fingerprint density at radius 1 is 1.23 bits per heavy atom. The van der Waals surface area contributed by atoms with E-state index in [9.17, 15) is 9.59 Å². The Morgan fingerprint density at radius 2 is 2.07 bits per heavy atom. The molecule has 1 unspecified atom stereocenters. The van der Waals surface area contributed by atoms with E-state index in [1.807, 2.05) is 37.3 Å². The number of rotatable bonds is 8. The van der Waals surface area contributed by atoms with Gasteiger partial charge in [0, 0.05) is 18.0 Å². The van der Waals surface area contributed by atoms with E-state index in [0.717, 1.165) is 36.6 Å². The summed E-state index contributed by atoms with van der Waals surface area (Å²) in [6, 6.07) is 9.79. The zero-order valence-corrected chi connectivity index (χ0v) is 18.3. The lowest BCUT2D eigenvalue weighted by Gasteiger charge is -2.15. The van der Waals surface area contributed by atoms with Crippen molar-refractivity contribution in [2.75, 3.05) is 6.54 Å². The Hall–Kier alpha value is -2.34. The van der Waals surface area contributed by atoms with Gasteiger partial charge in [-0.2, -0.15) is 0 Å². The molecule has 2 N–H and O–H groups in total. The second kappa shape index (κ2) is 9.65. The zero-order valence-electron chi connectivity index (χ0n) is 17.4. The first-order chi connectivity index (χ1) is 14.6. The van der Waals surface area contributed by atoms with E-state index in [-0.39, 0.29) is 17.1 Å². The van der Waals surface area contributed by atoms with Gasteiger partial charge in [-0.1, -0.05) is 41.6 Å². The number of hydrogen-bond donors (Lipinski definition) is 2. The predicted molar refractivity (Wildman–Crippen MR) is 122 cm³/mol. The number of nitrogens with zero attached hydrogens (tertiary/aromatic N) is 1. The van der Waals surface area contributed by atoms with E-state index in [2.05, 4.69) is 21.7 Å². The maximum absolute atomic E-state index is 12.7. The van der Waals surface area contributed by atoms with E-state index in [1.54, 1.807) is 0 Å². The summed E-state index contributed by atoms with van der Waals surface area (Å²) in [4.78, 5) is 30.0. The fourth-order valence-electron chi connectivity index (χ4n) is 3.75. The van der Waals surface area contributed by atoms with Crippen molar-refractivity contribution in [3.05, 3.63) is 47.5 Å². The van der Waals surface area contributed by atoms with Crippen molar-refractivity contribution in [2.45, 2.75) is 68.2 Å². The Morgan fingerprint density at radius 3 is 2.83 bits per heavy atom. The number of para-hydroxylation sites is 1. The smallest absolute Gasteiger partial charge is 0.252 e. The molecule has 0 radical (unpaired) electrons. The van der Waals surface area contributed by atoms with Gasteiger partial charge < -0.3 is 10.6 Å². The van der Waals surface area contributed by atoms with Crippen LogP contribution in [-0.4, -0.2) is 34.6 Å². The van der Waals surface area contributed by atoms with Crippen LogP contribution in [0.5, 0.6) is 0 Å². The highest BCUT2D eigenvalue weighted by Gasteiger charge is 2.25. The Bertz CT molecular complexity index is 968. The van der Waals surface area contributed by atoms with Gasteiger partial charge in [0.2, 0.25) is 5.91 Å². The monoisotopic (exact) mass is 423 g/mol. The highest BCUT2D eigenvalue weighted by Crippen LogP contribution is 2.28. The summed E-state index contributed by atoms with van der Waals surface area (Å²) in [6.07, 6.45) is 10.2. The molecule has 1 fully saturated rings. The molecule has 0 saturated heterocycles. The molecule has 0 spiro atoms. The number of pyridine rings is 1. The fourth-order valence-corrected chi connectivity index (χ4v) is 4.64. The standard InChI is InChI=1S/C24H29N3O2S/c1-16(23(28)25-14-13-17-7-3-2-4-8-17)30-22-15-20(24(29)26-18-11-12-18)19-9-5-6-10-21(19)27-22/h5-7,9-10,15-16,18H,2-4,8,11-14H2,1H3,(H,25,28)(H,26,29). The third-order valence-electron chi connectivity index (χ3n) is 5.65. The molecule has 0 bridgehead atoms. The molecule has 1 aromatic carbocycles. The maximum atomic E-state index is 12.7. The van der Waals surface area contributed by atoms with Gasteiger partial charge in [0.1, 0.15) is 0 Å². The Balaban J connectivity index is 1.41. The molecule has 0 aliphatic heterocycles. The van der Waals surface area contributed by atoms with Crippen LogP contribution in [0.3, 0.4) is 0 Å². The number of thioether (sulfide) groups is 1. The molecule has 4 rings (SSSR count). The summed E-state index contributed by atoms with van der Waals surface area (Å²) in [5.41, 5.74) is 2.87. The molecule has 2 amide bonds. The van der Waals surface area contributed by atoms with E-state index in [4.69, 9.17) is 0 Å². The van der Waals surface area contributed by atoms with Gasteiger partial charge in [-0.25, -0.2) is 4.98 Å². The number of carbonyl (C=O) groups is 2. The van der Waals surface area contributed by atoms with Crippen molar-refractivity contribution in [2.24, 2.45) is 0 Å². The summed E-state index contributed by atoms with van der Waals surface area (Å²) in [5.74, 6) is -0.0499. The first-order valence-electron chi connectivity index (χ1n) is 10.9. The van der Waals surface area contributed by atoms with Crippen molar-refractivity contribution in [3.63, 3.8) is 0 Å². The summed E-state index contributed by atoms with van der Waals surface area (Å²) in [7, 11) is 0. The van der Waals surface area contributed by atoms with Gasteiger partial charge in [-0.15, -0.1) is 0 Å². The highest BCUT2D eigenvalue weighted by atomic mass is 32.2. The van der Waals surface area contributed by atoms with Gasteiger partial charge in [-0.05, 0) is 64.0 Å². The normalized spacial score (nSPS) is 17.3. The summed E-state index contributed by atoms with van der Waals surface area (Å²) < 4.78 is 0. The van der Waals surface area contributed by atoms with Gasteiger partial charge in [0.05, 0.1) is 21.4 Å². The second-order valence-corrected chi connectivity index (χ2v) is 9.54. The van der Waals surface area contributed by atoms with Gasteiger partial charge in [0.15, 0.2) is 0 Å². The van der Waals surface area contributed by atoms with Crippen LogP contribution >= 0.6 is 11.8 Å². The minimum atomic E-state index is -0.279. The Labute approximate surface area is 182 Å². The molecule has 5 nitrogen and oxygen atoms in total. The molecule has 2 aromatic rings. The zero-order chi connectivity index (χ0) is 20.9. The largest absolute Gasteiger partial charge is 0.355 e. The van der Waals surface area contributed by atoms with E-state index in [0.29, 0.717) is 23.2 Å². The van der Waals surface area contributed by atoms with Crippen molar-refractivity contribution in [1.29, 1.82) is 0 Å². The third kappa shape index (κ3) is 5.42. The quantitative estimate of drug-likeness (QED) is 0.480. The minimum absolute atomic E-state index is 0.00958. The number of amides is 2. The van der Waals surface area contributed by atoms with Crippen molar-refractivity contribution in [3.8, 4) is 0 Å². The van der Waals surface area contributed by atoms with Crippen molar-refractivity contribution >= 4 is 34.5 Å². The van der Waals surface area contributed by atoms with Crippen LogP contribution in [0.1, 0.15) is 62.2 Å². The number of allylic oxidation sites excluding steroid dienone is 1. The maximum Gasteiger partial charge on any atom is 0.252 e. The number of aromatic nitrogens is 1. The SMILES string of the molecule is CC(Sc1cc(C(=O)NC2CC2)c2ccccc2n1)C(=O)NCCC1=CCCCC1. The summed E-state index contributed by atoms with van der Waals surface area (Å²) in [6.45, 7) is 2.57. The van der Waals surface area contributed by atoms with Gasteiger partial charge in [0.25, 0.3) is 5.91 Å². The Kier molecular flexibility index (Phi) is 6.72. The second-order valence-electron chi connectivity index (χ2n) is 8.18. The lowest BCUT2D eigenvalue weighted by molar-refractivity contribution is -0.120. The number of nitrogens with one attached hydrogen (secondary N) is 2. The number of benzene rings is 1. The van der Waals surface area contributed by atoms with Crippen LogP contribution in [0.15, 0.2) is 47.0 Å². The van der Waals surface area contributed by atoms with Gasteiger partial charge >= 0.3 is 0 Å². The first-order valence-corrected chi connectivity index (χ1v) is 11.8. The molecule has 1 saturated carbocycles. The summed E-state index contributed by atoms with van der Waals surface area (Å²) >= 11 is 1.40. The average molecular weight is 424 g/mol. The van der Waals surface area contributed by atoms with Crippen molar-refractivity contribution < 1.29 is 9.59 Å². The lowest BCUT2D eigenvalue weighted by Crippen LogP contribution is -2.32. The van der Waals surface area contributed by atoms with Crippen LogP contribution in [0.25, 0.3) is 10.9 Å². The van der Waals surface area contributed by atoms with Crippen LogP contribution in [0, 0.1) is 0 Å². The summed E-state index contributed by atoms with van der Waals surface area (Å²) in [5, 5.41) is 7.38. The fraction of sp³-hybridized carbons (Fsp3) is 0.458. The molecule has 158 valence electrons. The third-order valence-corrected chi connectivity index (χ3v) is 6.67. The highest BCUT2D eigenvalue weighted by molar-refractivity contribution is 8.00. The molecular weight excluding hydrogens is 394 g/mol. The topological polar surface area (TPSA) is 71.1 Å². The minimum Gasteiger partial charge on any atom is -0.355 e. The molecule has 2 aliphatic rings. The van der Waals surface area contributed by atoms with E-state index in [1.165, 1.54) is 36.6 Å². The molecule has 6 heteroatoms. The van der Waals surface area contributed by atoms with Crippen LogP contribution in [0.4, 0.5) is 0 Å². The molecule has 1 aromatic heterocycles.